The minimum Gasteiger partial charge on any atom is -0.396 e. The van der Waals surface area contributed by atoms with E-state index in [9.17, 15) is 8.42 Å². The Labute approximate surface area is 126 Å². The zero-order chi connectivity index (χ0) is 15.1. The first kappa shape index (κ1) is 16.5. The number of nitrogens with one attached hydrogen (secondary N) is 1. The molecule has 120 valence electrons. The molecule has 1 saturated carbocycles. The van der Waals surface area contributed by atoms with Crippen molar-refractivity contribution in [3.05, 3.63) is 12.4 Å². The summed E-state index contributed by atoms with van der Waals surface area (Å²) in [4.78, 5) is 0.211. The summed E-state index contributed by atoms with van der Waals surface area (Å²) < 4.78 is 29.1. The van der Waals surface area contributed by atoms with E-state index in [-0.39, 0.29) is 17.5 Å². The molecule has 21 heavy (non-hydrogen) atoms. The summed E-state index contributed by atoms with van der Waals surface area (Å²) in [5.41, 5.74) is 0. The van der Waals surface area contributed by atoms with Gasteiger partial charge in [0.2, 0.25) is 10.0 Å². The van der Waals surface area contributed by atoms with Crippen molar-refractivity contribution in [1.29, 1.82) is 0 Å². The van der Waals surface area contributed by atoms with Gasteiger partial charge in [-0.3, -0.25) is 4.68 Å². The molecule has 2 N–H and O–H groups in total. The van der Waals surface area contributed by atoms with Gasteiger partial charge in [0.15, 0.2) is 0 Å². The van der Waals surface area contributed by atoms with Crippen LogP contribution in [0.2, 0.25) is 0 Å². The van der Waals surface area contributed by atoms with Crippen molar-refractivity contribution in [3.63, 3.8) is 0 Å². The first-order valence-corrected chi connectivity index (χ1v) is 9.26. The van der Waals surface area contributed by atoms with Crippen LogP contribution in [0.5, 0.6) is 0 Å². The molecule has 1 aliphatic rings. The molecule has 1 fully saturated rings. The first-order chi connectivity index (χ1) is 10.1. The monoisotopic (exact) mass is 315 g/mol. The summed E-state index contributed by atoms with van der Waals surface area (Å²) in [7, 11) is -3.49. The molecule has 6 nitrogen and oxygen atoms in total. The number of rotatable bonds is 6. The number of hydrogen-bond acceptors (Lipinski definition) is 4. The summed E-state index contributed by atoms with van der Waals surface area (Å²) in [6, 6.07) is 0.0380. The van der Waals surface area contributed by atoms with E-state index in [1.807, 2.05) is 0 Å². The molecule has 0 saturated heterocycles. The Balaban J connectivity index is 1.97. The van der Waals surface area contributed by atoms with Crippen LogP contribution in [0.3, 0.4) is 0 Å². The van der Waals surface area contributed by atoms with Gasteiger partial charge in [-0.05, 0) is 19.3 Å². The minimum absolute atomic E-state index is 0.0380. The predicted molar refractivity (Wildman–Crippen MR) is 80.4 cm³/mol. The molecule has 2 rings (SSSR count). The molecule has 0 spiro atoms. The number of nitrogens with zero attached hydrogens (tertiary/aromatic N) is 2. The van der Waals surface area contributed by atoms with Crippen molar-refractivity contribution in [3.8, 4) is 0 Å². The van der Waals surface area contributed by atoms with E-state index in [0.29, 0.717) is 13.0 Å². The van der Waals surface area contributed by atoms with Crippen molar-refractivity contribution in [2.75, 3.05) is 6.61 Å². The molecule has 0 amide bonds. The second-order valence-corrected chi connectivity index (χ2v) is 7.39. The fourth-order valence-corrected chi connectivity index (χ4v) is 3.96. The largest absolute Gasteiger partial charge is 0.396 e. The third-order valence-electron chi connectivity index (χ3n) is 3.89. The molecule has 1 aromatic rings. The molecule has 1 aliphatic carbocycles. The van der Waals surface area contributed by atoms with E-state index in [2.05, 4.69) is 9.82 Å². The molecular weight excluding hydrogens is 290 g/mol. The summed E-state index contributed by atoms with van der Waals surface area (Å²) >= 11 is 0. The van der Waals surface area contributed by atoms with Crippen LogP contribution in [0, 0.1) is 0 Å². The van der Waals surface area contributed by atoms with E-state index in [4.69, 9.17) is 5.11 Å². The van der Waals surface area contributed by atoms with Gasteiger partial charge in [-0.1, -0.05) is 32.1 Å². The number of hydrogen-bond donors (Lipinski definition) is 2. The van der Waals surface area contributed by atoms with Crippen molar-refractivity contribution < 1.29 is 13.5 Å². The highest BCUT2D eigenvalue weighted by Crippen LogP contribution is 2.19. The number of aliphatic hydroxyl groups excluding tert-OH is 1. The Hall–Kier alpha value is -0.920. The molecule has 1 aromatic heterocycles. The highest BCUT2D eigenvalue weighted by molar-refractivity contribution is 7.89. The highest BCUT2D eigenvalue weighted by atomic mass is 32.2. The van der Waals surface area contributed by atoms with Crippen LogP contribution in [-0.4, -0.2) is 36.0 Å². The van der Waals surface area contributed by atoms with Crippen molar-refractivity contribution in [2.24, 2.45) is 0 Å². The Morgan fingerprint density at radius 1 is 1.24 bits per heavy atom. The topological polar surface area (TPSA) is 84.2 Å². The van der Waals surface area contributed by atoms with Crippen molar-refractivity contribution in [2.45, 2.75) is 68.8 Å². The summed E-state index contributed by atoms with van der Waals surface area (Å²) in [5.74, 6) is 0. The second-order valence-electron chi connectivity index (χ2n) is 5.68. The average Bonchev–Trinajstić information content (AvgIpc) is 2.89. The fraction of sp³-hybridized carbons (Fsp3) is 0.786. The lowest BCUT2D eigenvalue weighted by Gasteiger charge is -2.20. The van der Waals surface area contributed by atoms with Gasteiger partial charge in [-0.15, -0.1) is 0 Å². The maximum atomic E-state index is 12.4. The standard InChI is InChI=1S/C14H25N3O3S/c18-10-6-9-17-12-14(11-15-17)21(19,20)16-13-7-4-2-1-3-5-8-13/h11-13,16,18H,1-10H2. The second kappa shape index (κ2) is 7.91. The first-order valence-electron chi connectivity index (χ1n) is 7.77. The lowest BCUT2D eigenvalue weighted by molar-refractivity contribution is 0.277. The number of aryl methyl sites for hydroxylation is 1. The highest BCUT2D eigenvalue weighted by Gasteiger charge is 2.22. The zero-order valence-electron chi connectivity index (χ0n) is 12.4. The Morgan fingerprint density at radius 2 is 1.90 bits per heavy atom. The van der Waals surface area contributed by atoms with Crippen LogP contribution in [0.15, 0.2) is 17.3 Å². The normalized spacial score (nSPS) is 18.3. The maximum Gasteiger partial charge on any atom is 0.243 e. The quantitative estimate of drug-likeness (QED) is 0.836. The lowest BCUT2D eigenvalue weighted by Crippen LogP contribution is -2.35. The van der Waals surface area contributed by atoms with Crippen LogP contribution >= 0.6 is 0 Å². The lowest BCUT2D eigenvalue weighted by atomic mass is 9.97. The van der Waals surface area contributed by atoms with Gasteiger partial charge in [-0.2, -0.15) is 5.10 Å². The zero-order valence-corrected chi connectivity index (χ0v) is 13.2. The van der Waals surface area contributed by atoms with Crippen molar-refractivity contribution in [1.82, 2.24) is 14.5 Å². The molecule has 0 aliphatic heterocycles. The fourth-order valence-electron chi connectivity index (χ4n) is 2.70. The Kier molecular flexibility index (Phi) is 6.20. The molecule has 1 heterocycles. The minimum atomic E-state index is -3.49. The van der Waals surface area contributed by atoms with E-state index in [1.54, 1.807) is 4.68 Å². The van der Waals surface area contributed by atoms with E-state index in [1.165, 1.54) is 31.7 Å². The van der Waals surface area contributed by atoms with Gasteiger partial charge in [-0.25, -0.2) is 13.1 Å². The summed E-state index contributed by atoms with van der Waals surface area (Å²) in [5, 5.41) is 12.8. The van der Waals surface area contributed by atoms with Crippen LogP contribution < -0.4 is 4.72 Å². The predicted octanol–water partition coefficient (Wildman–Crippen LogP) is 1.66. The van der Waals surface area contributed by atoms with Crippen LogP contribution in [0.25, 0.3) is 0 Å². The van der Waals surface area contributed by atoms with Gasteiger partial charge < -0.3 is 5.11 Å². The number of aliphatic hydroxyl groups is 1. The number of aromatic nitrogens is 2. The Bertz CT molecular complexity index is 519. The third kappa shape index (κ3) is 5.09. The van der Waals surface area contributed by atoms with Crippen LogP contribution in [0.4, 0.5) is 0 Å². The van der Waals surface area contributed by atoms with E-state index >= 15 is 0 Å². The molecule has 0 aromatic carbocycles. The van der Waals surface area contributed by atoms with E-state index < -0.39 is 10.0 Å². The van der Waals surface area contributed by atoms with Gasteiger partial charge >= 0.3 is 0 Å². The van der Waals surface area contributed by atoms with Gasteiger partial charge in [0.05, 0.1) is 6.20 Å². The molecule has 0 atom stereocenters. The van der Waals surface area contributed by atoms with Crippen LogP contribution in [0.1, 0.15) is 51.4 Å². The molecule has 0 unspecified atom stereocenters. The SMILES string of the molecule is O=S(=O)(NC1CCCCCCC1)c1cnn(CCCO)c1. The van der Waals surface area contributed by atoms with Crippen LogP contribution in [-0.2, 0) is 16.6 Å². The summed E-state index contributed by atoms with van der Waals surface area (Å²) in [6.45, 7) is 0.595. The maximum absolute atomic E-state index is 12.4. The molecule has 7 heteroatoms. The summed E-state index contributed by atoms with van der Waals surface area (Å²) in [6.07, 6.45) is 11.1. The average molecular weight is 315 g/mol. The third-order valence-corrected chi connectivity index (χ3v) is 5.37. The van der Waals surface area contributed by atoms with Gasteiger partial charge in [0.1, 0.15) is 4.90 Å². The number of sulfonamides is 1. The Morgan fingerprint density at radius 3 is 2.57 bits per heavy atom. The molecular formula is C14H25N3O3S. The van der Waals surface area contributed by atoms with E-state index in [0.717, 1.165) is 25.7 Å². The van der Waals surface area contributed by atoms with Crippen molar-refractivity contribution >= 4 is 10.0 Å². The molecule has 0 radical (unpaired) electrons. The van der Waals surface area contributed by atoms with Gasteiger partial charge in [0.25, 0.3) is 0 Å². The molecule has 0 bridgehead atoms. The smallest absolute Gasteiger partial charge is 0.243 e. The van der Waals surface area contributed by atoms with Gasteiger partial charge in [0, 0.05) is 25.4 Å².